The first kappa shape index (κ1) is 15.9. The van der Waals surface area contributed by atoms with Crippen LogP contribution in [-0.2, 0) is 14.3 Å². The van der Waals surface area contributed by atoms with Crippen LogP contribution in [0.3, 0.4) is 0 Å². The quantitative estimate of drug-likeness (QED) is 0.516. The number of hydrogen-bond donors (Lipinski definition) is 3. The van der Waals surface area contributed by atoms with Crippen molar-refractivity contribution in [2.45, 2.75) is 26.3 Å². The third-order valence-electron chi connectivity index (χ3n) is 1.85. The molecule has 0 aliphatic rings. The highest BCUT2D eigenvalue weighted by Crippen LogP contribution is 1.96. The van der Waals surface area contributed by atoms with Crippen LogP contribution in [0.5, 0.6) is 0 Å². The van der Waals surface area contributed by atoms with Crippen LogP contribution in [0.1, 0.15) is 20.8 Å². The van der Waals surface area contributed by atoms with E-state index in [2.05, 4.69) is 16.0 Å². The van der Waals surface area contributed by atoms with Gasteiger partial charge in [-0.1, -0.05) is 0 Å². The van der Waals surface area contributed by atoms with Crippen molar-refractivity contribution in [1.82, 2.24) is 16.0 Å². The average Bonchev–Trinajstić information content (AvgIpc) is 2.23. The predicted molar refractivity (Wildman–Crippen MR) is 65.7 cm³/mol. The molecule has 0 aromatic rings. The first-order valence-corrected chi connectivity index (χ1v) is 5.62. The lowest BCUT2D eigenvalue weighted by Crippen LogP contribution is -2.45. The summed E-state index contributed by atoms with van der Waals surface area (Å²) < 4.78 is 4.78. The van der Waals surface area contributed by atoms with Crippen LogP contribution in [0.15, 0.2) is 0 Å². The second-order valence-electron chi connectivity index (χ2n) is 4.72. The average molecular weight is 245 g/mol. The number of ether oxygens (including phenoxy) is 1. The molecule has 0 aromatic carbocycles. The Bertz CT molecular complexity index is 249. The molecule has 0 bridgehead atoms. The summed E-state index contributed by atoms with van der Waals surface area (Å²) in [5, 5.41) is 8.17. The number of carbonyl (C=O) groups is 2. The lowest BCUT2D eigenvalue weighted by atomic mass is 10.1. The van der Waals surface area contributed by atoms with Gasteiger partial charge in [0.1, 0.15) is 0 Å². The van der Waals surface area contributed by atoms with Crippen molar-refractivity contribution in [1.29, 1.82) is 0 Å². The standard InChI is InChI=1S/C11H23N3O3/c1-11(2,3)14-8-10(16)13-7-9(15)12-5-6-17-4/h14H,5-8H2,1-4H3,(H,12,15)(H,13,16). The minimum Gasteiger partial charge on any atom is -0.383 e. The summed E-state index contributed by atoms with van der Waals surface area (Å²) in [6.45, 7) is 7.02. The zero-order valence-electron chi connectivity index (χ0n) is 11.1. The maximum atomic E-state index is 11.3. The molecule has 0 atom stereocenters. The number of methoxy groups -OCH3 is 1. The number of carbonyl (C=O) groups excluding carboxylic acids is 2. The monoisotopic (exact) mass is 245 g/mol. The van der Waals surface area contributed by atoms with E-state index in [0.29, 0.717) is 13.2 Å². The van der Waals surface area contributed by atoms with E-state index in [4.69, 9.17) is 4.74 Å². The second kappa shape index (κ2) is 8.03. The van der Waals surface area contributed by atoms with Gasteiger partial charge in [-0.3, -0.25) is 9.59 Å². The van der Waals surface area contributed by atoms with Crippen LogP contribution in [0.25, 0.3) is 0 Å². The molecule has 0 saturated heterocycles. The van der Waals surface area contributed by atoms with Gasteiger partial charge in [0.15, 0.2) is 0 Å². The van der Waals surface area contributed by atoms with Gasteiger partial charge >= 0.3 is 0 Å². The third kappa shape index (κ3) is 11.1. The second-order valence-corrected chi connectivity index (χ2v) is 4.72. The fourth-order valence-corrected chi connectivity index (χ4v) is 0.942. The van der Waals surface area contributed by atoms with Gasteiger partial charge < -0.3 is 20.7 Å². The van der Waals surface area contributed by atoms with E-state index >= 15 is 0 Å². The minimum atomic E-state index is -0.217. The van der Waals surface area contributed by atoms with E-state index in [1.165, 1.54) is 0 Å². The minimum absolute atomic E-state index is 0.00558. The fourth-order valence-electron chi connectivity index (χ4n) is 0.942. The van der Waals surface area contributed by atoms with E-state index < -0.39 is 0 Å². The summed E-state index contributed by atoms with van der Waals surface area (Å²) in [7, 11) is 1.56. The summed E-state index contributed by atoms with van der Waals surface area (Å²) in [5.74, 6) is -0.409. The molecule has 100 valence electrons. The van der Waals surface area contributed by atoms with Crippen LogP contribution >= 0.6 is 0 Å². The SMILES string of the molecule is COCCNC(=O)CNC(=O)CNC(C)(C)C. The van der Waals surface area contributed by atoms with Crippen LogP contribution in [0.2, 0.25) is 0 Å². The highest BCUT2D eigenvalue weighted by atomic mass is 16.5. The van der Waals surface area contributed by atoms with Gasteiger partial charge in [0.05, 0.1) is 19.7 Å². The first-order valence-electron chi connectivity index (χ1n) is 5.62. The topological polar surface area (TPSA) is 79.5 Å². The lowest BCUT2D eigenvalue weighted by Gasteiger charge is -2.19. The molecule has 0 fully saturated rings. The number of amides is 2. The molecule has 0 aromatic heterocycles. The maximum Gasteiger partial charge on any atom is 0.239 e. The van der Waals surface area contributed by atoms with Crippen LogP contribution in [-0.4, -0.2) is 50.7 Å². The number of hydrogen-bond acceptors (Lipinski definition) is 4. The highest BCUT2D eigenvalue weighted by Gasteiger charge is 2.11. The summed E-state index contributed by atoms with van der Waals surface area (Å²) in [6.07, 6.45) is 0. The summed E-state index contributed by atoms with van der Waals surface area (Å²) >= 11 is 0. The Kier molecular flexibility index (Phi) is 7.49. The van der Waals surface area contributed by atoms with Crippen molar-refractivity contribution >= 4 is 11.8 Å². The Morgan fingerprint density at radius 2 is 1.65 bits per heavy atom. The number of rotatable bonds is 7. The molecule has 0 saturated carbocycles. The van der Waals surface area contributed by atoms with Gasteiger partial charge in [-0.25, -0.2) is 0 Å². The molecule has 0 spiro atoms. The fraction of sp³-hybridized carbons (Fsp3) is 0.818. The van der Waals surface area contributed by atoms with Gasteiger partial charge in [-0.05, 0) is 20.8 Å². The van der Waals surface area contributed by atoms with Crippen LogP contribution in [0, 0.1) is 0 Å². The third-order valence-corrected chi connectivity index (χ3v) is 1.85. The molecule has 6 heteroatoms. The number of nitrogens with one attached hydrogen (secondary N) is 3. The molecule has 17 heavy (non-hydrogen) atoms. The Morgan fingerprint density at radius 3 is 2.18 bits per heavy atom. The molecule has 0 rings (SSSR count). The van der Waals surface area contributed by atoms with Crippen LogP contribution in [0.4, 0.5) is 0 Å². The molecular weight excluding hydrogens is 222 g/mol. The predicted octanol–water partition coefficient (Wildman–Crippen LogP) is -0.747. The van der Waals surface area contributed by atoms with Crippen LogP contribution < -0.4 is 16.0 Å². The van der Waals surface area contributed by atoms with Crippen molar-refractivity contribution in [2.75, 3.05) is 33.4 Å². The zero-order chi connectivity index (χ0) is 13.3. The first-order chi connectivity index (χ1) is 7.85. The van der Waals surface area contributed by atoms with Crippen molar-refractivity contribution in [3.05, 3.63) is 0 Å². The normalized spacial score (nSPS) is 11.1. The Morgan fingerprint density at radius 1 is 1.06 bits per heavy atom. The summed E-state index contributed by atoms with van der Waals surface area (Å²) in [5.41, 5.74) is -0.113. The van der Waals surface area contributed by atoms with Crippen molar-refractivity contribution in [3.8, 4) is 0 Å². The van der Waals surface area contributed by atoms with Crippen molar-refractivity contribution in [3.63, 3.8) is 0 Å². The molecule has 0 aliphatic carbocycles. The Labute approximate surface area is 102 Å². The molecule has 2 amide bonds. The molecular formula is C11H23N3O3. The van der Waals surface area contributed by atoms with Crippen molar-refractivity contribution in [2.24, 2.45) is 0 Å². The van der Waals surface area contributed by atoms with Gasteiger partial charge in [0.2, 0.25) is 11.8 Å². The van der Waals surface area contributed by atoms with Crippen molar-refractivity contribution < 1.29 is 14.3 Å². The van der Waals surface area contributed by atoms with E-state index in [-0.39, 0.29) is 30.4 Å². The molecule has 0 unspecified atom stereocenters. The van der Waals surface area contributed by atoms with E-state index in [1.807, 2.05) is 20.8 Å². The lowest BCUT2D eigenvalue weighted by molar-refractivity contribution is -0.125. The van der Waals surface area contributed by atoms with E-state index in [1.54, 1.807) is 7.11 Å². The van der Waals surface area contributed by atoms with Gasteiger partial charge in [-0.15, -0.1) is 0 Å². The van der Waals surface area contributed by atoms with Gasteiger partial charge in [-0.2, -0.15) is 0 Å². The smallest absolute Gasteiger partial charge is 0.239 e. The Hall–Kier alpha value is -1.14. The largest absolute Gasteiger partial charge is 0.383 e. The highest BCUT2D eigenvalue weighted by molar-refractivity contribution is 5.85. The maximum absolute atomic E-state index is 11.3. The summed E-state index contributed by atoms with van der Waals surface area (Å²) in [4.78, 5) is 22.6. The molecule has 0 aliphatic heterocycles. The van der Waals surface area contributed by atoms with E-state index in [9.17, 15) is 9.59 Å². The zero-order valence-corrected chi connectivity index (χ0v) is 11.1. The van der Waals surface area contributed by atoms with Gasteiger partial charge in [0.25, 0.3) is 0 Å². The molecule has 6 nitrogen and oxygen atoms in total. The molecule has 0 heterocycles. The molecule has 3 N–H and O–H groups in total. The molecule has 0 radical (unpaired) electrons. The van der Waals surface area contributed by atoms with E-state index in [0.717, 1.165) is 0 Å². The van der Waals surface area contributed by atoms with Gasteiger partial charge in [0, 0.05) is 19.2 Å². The Balaban J connectivity index is 3.59. The summed E-state index contributed by atoms with van der Waals surface area (Å²) in [6, 6.07) is 0.